The lowest BCUT2D eigenvalue weighted by molar-refractivity contribution is 0.0997. The maximum Gasteiger partial charge on any atom is 0.279 e. The number of aryl methyl sites for hydroxylation is 1. The third-order valence-electron chi connectivity index (χ3n) is 3.73. The van der Waals surface area contributed by atoms with E-state index in [0.717, 1.165) is 15.8 Å². The number of amides is 1. The molecule has 130 valence electrons. The quantitative estimate of drug-likeness (QED) is 0.643. The predicted octanol–water partition coefficient (Wildman–Crippen LogP) is 4.71. The Labute approximate surface area is 159 Å². The van der Waals surface area contributed by atoms with Crippen LogP contribution in [0.5, 0.6) is 0 Å². The van der Waals surface area contributed by atoms with Crippen molar-refractivity contribution in [2.24, 2.45) is 4.99 Å². The average molecular weight is 395 g/mol. The van der Waals surface area contributed by atoms with Crippen molar-refractivity contribution in [1.29, 1.82) is 0 Å². The fourth-order valence-electron chi connectivity index (χ4n) is 2.61. The summed E-state index contributed by atoms with van der Waals surface area (Å²) in [5.41, 5.74) is 2.56. The van der Waals surface area contributed by atoms with Crippen LogP contribution in [0.25, 0.3) is 10.2 Å². The zero-order valence-corrected chi connectivity index (χ0v) is 16.1. The molecule has 0 N–H and O–H groups in total. The number of hydrogen-bond acceptors (Lipinski definition) is 3. The largest absolute Gasteiger partial charge is 0.383 e. The molecule has 0 aliphatic heterocycles. The lowest BCUT2D eigenvalue weighted by Crippen LogP contribution is -2.19. The Bertz CT molecular complexity index is 988. The van der Waals surface area contributed by atoms with Gasteiger partial charge in [-0.15, -0.1) is 0 Å². The number of fused-ring (bicyclic) bond motifs is 1. The summed E-state index contributed by atoms with van der Waals surface area (Å²) in [5.74, 6) is -0.375. The molecule has 1 amide bonds. The maximum absolute atomic E-state index is 12.6. The van der Waals surface area contributed by atoms with Crippen LogP contribution in [0, 0.1) is 6.92 Å². The van der Waals surface area contributed by atoms with Crippen LogP contribution in [0.15, 0.2) is 41.4 Å². The van der Waals surface area contributed by atoms with Gasteiger partial charge in [0.05, 0.1) is 16.8 Å². The number of methoxy groups -OCH3 is 1. The Morgan fingerprint density at radius 2 is 1.96 bits per heavy atom. The second-order valence-electron chi connectivity index (χ2n) is 5.53. The van der Waals surface area contributed by atoms with Crippen LogP contribution in [-0.2, 0) is 11.3 Å². The summed E-state index contributed by atoms with van der Waals surface area (Å²) in [7, 11) is 1.65. The minimum Gasteiger partial charge on any atom is -0.383 e. The van der Waals surface area contributed by atoms with Gasteiger partial charge in [-0.25, -0.2) is 0 Å². The molecule has 0 unspecified atom stereocenters. The molecule has 0 aliphatic carbocycles. The zero-order valence-electron chi connectivity index (χ0n) is 13.8. The summed E-state index contributed by atoms with van der Waals surface area (Å²) >= 11 is 13.4. The molecule has 2 aromatic carbocycles. The van der Waals surface area contributed by atoms with Gasteiger partial charge in [0.1, 0.15) is 0 Å². The third-order valence-corrected chi connectivity index (χ3v) is 5.21. The molecule has 25 heavy (non-hydrogen) atoms. The Balaban J connectivity index is 2.14. The van der Waals surface area contributed by atoms with Crippen molar-refractivity contribution in [3.8, 4) is 0 Å². The van der Waals surface area contributed by atoms with Crippen LogP contribution < -0.4 is 4.80 Å². The monoisotopic (exact) mass is 394 g/mol. The van der Waals surface area contributed by atoms with E-state index >= 15 is 0 Å². The first kappa shape index (κ1) is 18.1. The smallest absolute Gasteiger partial charge is 0.279 e. The standard InChI is InChI=1S/C18H16Cl2N2O2S/c1-11-4-3-5-15-16(11)22(6-7-24-2)18(25-15)21-17(23)12-8-13(19)10-14(20)9-12/h3-5,8-10H,6-7H2,1-2H3. The van der Waals surface area contributed by atoms with Gasteiger partial charge in [-0.1, -0.05) is 46.7 Å². The van der Waals surface area contributed by atoms with Gasteiger partial charge in [-0.2, -0.15) is 4.99 Å². The minimum atomic E-state index is -0.375. The summed E-state index contributed by atoms with van der Waals surface area (Å²) in [5, 5.41) is 0.816. The number of ether oxygens (including phenoxy) is 1. The van der Waals surface area contributed by atoms with Gasteiger partial charge < -0.3 is 9.30 Å². The van der Waals surface area contributed by atoms with E-state index in [4.69, 9.17) is 27.9 Å². The first-order valence-corrected chi connectivity index (χ1v) is 9.20. The molecule has 1 heterocycles. The molecule has 1 aromatic heterocycles. The van der Waals surface area contributed by atoms with Gasteiger partial charge in [-0.05, 0) is 36.8 Å². The Kier molecular flexibility index (Phi) is 5.59. The van der Waals surface area contributed by atoms with Crippen molar-refractivity contribution >= 4 is 50.7 Å². The molecule has 0 atom stereocenters. The highest BCUT2D eigenvalue weighted by atomic mass is 35.5. The van der Waals surface area contributed by atoms with Crippen LogP contribution in [0.1, 0.15) is 15.9 Å². The number of rotatable bonds is 4. The van der Waals surface area contributed by atoms with Gasteiger partial charge >= 0.3 is 0 Å². The number of carbonyl (C=O) groups is 1. The Hall–Kier alpha value is -1.66. The van der Waals surface area contributed by atoms with Crippen LogP contribution in [0.2, 0.25) is 10.0 Å². The molecule has 3 rings (SSSR count). The number of aromatic nitrogens is 1. The van der Waals surface area contributed by atoms with E-state index in [2.05, 4.69) is 4.99 Å². The first-order chi connectivity index (χ1) is 12.0. The summed E-state index contributed by atoms with van der Waals surface area (Å²) < 4.78 is 8.29. The maximum atomic E-state index is 12.6. The summed E-state index contributed by atoms with van der Waals surface area (Å²) in [4.78, 5) is 17.5. The molecular weight excluding hydrogens is 379 g/mol. The van der Waals surface area contributed by atoms with E-state index in [0.29, 0.717) is 33.6 Å². The fourth-order valence-corrected chi connectivity index (χ4v) is 4.27. The van der Waals surface area contributed by atoms with E-state index in [1.54, 1.807) is 25.3 Å². The number of carbonyl (C=O) groups excluding carboxylic acids is 1. The SMILES string of the molecule is COCCn1c(=NC(=O)c2cc(Cl)cc(Cl)c2)sc2cccc(C)c21. The van der Waals surface area contributed by atoms with Crippen molar-refractivity contribution in [1.82, 2.24) is 4.57 Å². The van der Waals surface area contributed by atoms with Crippen molar-refractivity contribution in [3.63, 3.8) is 0 Å². The minimum absolute atomic E-state index is 0.366. The molecular formula is C18H16Cl2N2O2S. The van der Waals surface area contributed by atoms with Gasteiger partial charge in [0.2, 0.25) is 0 Å². The Morgan fingerprint density at radius 3 is 2.64 bits per heavy atom. The number of hydrogen-bond donors (Lipinski definition) is 0. The first-order valence-electron chi connectivity index (χ1n) is 7.62. The zero-order chi connectivity index (χ0) is 18.0. The van der Waals surface area contributed by atoms with E-state index in [1.807, 2.05) is 29.7 Å². The number of nitrogens with zero attached hydrogens (tertiary/aromatic N) is 2. The molecule has 0 spiro atoms. The highest BCUT2D eigenvalue weighted by molar-refractivity contribution is 7.16. The van der Waals surface area contributed by atoms with Crippen LogP contribution in [0.4, 0.5) is 0 Å². The van der Waals surface area contributed by atoms with E-state index in [1.165, 1.54) is 11.3 Å². The lowest BCUT2D eigenvalue weighted by Gasteiger charge is -2.06. The van der Waals surface area contributed by atoms with Gasteiger partial charge in [-0.3, -0.25) is 4.79 Å². The van der Waals surface area contributed by atoms with Gasteiger partial charge in [0.15, 0.2) is 4.80 Å². The normalized spacial score (nSPS) is 12.1. The third kappa shape index (κ3) is 3.96. The number of para-hydroxylation sites is 1. The second-order valence-corrected chi connectivity index (χ2v) is 7.41. The van der Waals surface area contributed by atoms with Crippen LogP contribution in [0.3, 0.4) is 0 Å². The predicted molar refractivity (Wildman–Crippen MR) is 103 cm³/mol. The van der Waals surface area contributed by atoms with E-state index < -0.39 is 0 Å². The number of halogens is 2. The molecule has 0 bridgehead atoms. The van der Waals surface area contributed by atoms with Gasteiger partial charge in [0, 0.05) is 29.3 Å². The van der Waals surface area contributed by atoms with Crippen molar-refractivity contribution in [3.05, 3.63) is 62.4 Å². The van der Waals surface area contributed by atoms with Gasteiger partial charge in [0.25, 0.3) is 5.91 Å². The Morgan fingerprint density at radius 1 is 1.24 bits per heavy atom. The summed E-state index contributed by atoms with van der Waals surface area (Å²) in [6.45, 7) is 3.19. The van der Waals surface area contributed by atoms with Crippen LogP contribution >= 0.6 is 34.5 Å². The second kappa shape index (κ2) is 7.70. The van der Waals surface area contributed by atoms with E-state index in [9.17, 15) is 4.79 Å². The highest BCUT2D eigenvalue weighted by Crippen LogP contribution is 2.22. The average Bonchev–Trinajstić information content (AvgIpc) is 2.90. The number of thiazole rings is 1. The van der Waals surface area contributed by atoms with Crippen molar-refractivity contribution in [2.75, 3.05) is 13.7 Å². The molecule has 0 radical (unpaired) electrons. The van der Waals surface area contributed by atoms with Crippen LogP contribution in [-0.4, -0.2) is 24.2 Å². The molecule has 4 nitrogen and oxygen atoms in total. The highest BCUT2D eigenvalue weighted by Gasteiger charge is 2.12. The van der Waals surface area contributed by atoms with Crippen molar-refractivity contribution < 1.29 is 9.53 Å². The molecule has 0 saturated heterocycles. The lowest BCUT2D eigenvalue weighted by atomic mass is 10.2. The molecule has 0 saturated carbocycles. The summed E-state index contributed by atoms with van der Waals surface area (Å²) in [6, 6.07) is 10.8. The fraction of sp³-hybridized carbons (Fsp3) is 0.222. The van der Waals surface area contributed by atoms with Crippen molar-refractivity contribution in [2.45, 2.75) is 13.5 Å². The van der Waals surface area contributed by atoms with E-state index in [-0.39, 0.29) is 5.91 Å². The summed E-state index contributed by atoms with van der Waals surface area (Å²) in [6.07, 6.45) is 0. The molecule has 3 aromatic rings. The topological polar surface area (TPSA) is 43.6 Å². The number of benzene rings is 2. The molecule has 7 heteroatoms. The molecule has 0 fully saturated rings. The molecule has 0 aliphatic rings.